The van der Waals surface area contributed by atoms with Gasteiger partial charge in [-0.2, -0.15) is 0 Å². The Labute approximate surface area is 521 Å². The number of fused-ring (bicyclic) bond motifs is 10. The standard InChI is InChI=1S/C82H50B2N6/c1-7-31-55(32-8-1)85-65-47-51-27-19-23-43-61(51)75-69(65)83-70-67(49-53-29-21-24-44-62(53)76(70)89(75)59-39-15-5-16-40-59)87(57-35-11-3-12-36-57)81-73(83)79(85)80-74-82(81)88(58-37-13-4-14-38-58)68-50-54-30-22-26-46-64(54)78-72(68)84(74)71-66(86(80)56-33-9-2-10-34-56)48-52-28-20-25-45-63(52)77(71)90(78)60-41-17-6-18-42-60/h1-50H. The van der Waals surface area contributed by atoms with E-state index in [2.05, 4.69) is 333 Å². The highest BCUT2D eigenvalue weighted by Crippen LogP contribution is 2.62. The van der Waals surface area contributed by atoms with E-state index in [9.17, 15) is 0 Å². The first-order valence-electron chi connectivity index (χ1n) is 31.3. The fourth-order valence-electron chi connectivity index (χ4n) is 17.0. The average Bonchev–Trinajstić information content (AvgIpc) is 0.649. The molecule has 0 radical (unpaired) electrons. The Kier molecular flexibility index (Phi) is 9.65. The largest absolute Gasteiger partial charge is 0.310 e. The summed E-state index contributed by atoms with van der Waals surface area (Å²) in [7, 11) is 0. The van der Waals surface area contributed by atoms with Gasteiger partial charge in [0.2, 0.25) is 0 Å². The second kappa shape index (κ2) is 17.9. The summed E-state index contributed by atoms with van der Waals surface area (Å²) < 4.78 is 0. The molecule has 0 N–H and O–H groups in total. The number of hydrogen-bond donors (Lipinski definition) is 0. The fraction of sp³-hybridized carbons (Fsp3) is 0. The van der Waals surface area contributed by atoms with Crippen molar-refractivity contribution >= 4 is 192 Å². The molecule has 6 heterocycles. The van der Waals surface area contributed by atoms with Gasteiger partial charge in [-0.15, -0.1) is 0 Å². The summed E-state index contributed by atoms with van der Waals surface area (Å²) in [6.45, 7) is -0.504. The lowest BCUT2D eigenvalue weighted by molar-refractivity contribution is 1.18. The van der Waals surface area contributed by atoms with Crippen LogP contribution >= 0.6 is 0 Å². The minimum atomic E-state index is -0.252. The van der Waals surface area contributed by atoms with Crippen LogP contribution in [0.2, 0.25) is 0 Å². The molecule has 0 saturated heterocycles. The first kappa shape index (κ1) is 48.4. The van der Waals surface area contributed by atoms with E-state index >= 15 is 0 Å². The van der Waals surface area contributed by atoms with Crippen molar-refractivity contribution in [1.82, 2.24) is 0 Å². The maximum absolute atomic E-state index is 2.70. The molecule has 21 rings (SSSR count). The number of nitrogens with zero attached hydrogens (tertiary/aromatic N) is 6. The zero-order valence-electron chi connectivity index (χ0n) is 48.7. The molecule has 15 aromatic rings. The Hall–Kier alpha value is -11.7. The number of rotatable bonds is 6. The van der Waals surface area contributed by atoms with Gasteiger partial charge >= 0.3 is 0 Å². The molecule has 0 spiro atoms. The van der Waals surface area contributed by atoms with E-state index in [1.807, 2.05) is 0 Å². The molecule has 0 saturated carbocycles. The van der Waals surface area contributed by atoms with Crippen LogP contribution < -0.4 is 62.2 Å². The lowest BCUT2D eigenvalue weighted by Gasteiger charge is -2.56. The van der Waals surface area contributed by atoms with E-state index in [4.69, 9.17) is 0 Å². The fourth-order valence-corrected chi connectivity index (χ4v) is 17.0. The zero-order valence-corrected chi connectivity index (χ0v) is 48.7. The van der Waals surface area contributed by atoms with E-state index in [-0.39, 0.29) is 13.4 Å². The molecule has 414 valence electrons. The quantitative estimate of drug-likeness (QED) is 0.153. The second-order valence-corrected chi connectivity index (χ2v) is 24.6. The smallest absolute Gasteiger partial charge is 0.257 e. The first-order valence-corrected chi connectivity index (χ1v) is 31.3. The van der Waals surface area contributed by atoms with E-state index in [0.29, 0.717) is 0 Å². The molecule has 0 amide bonds. The predicted molar refractivity (Wildman–Crippen MR) is 381 cm³/mol. The summed E-state index contributed by atoms with van der Waals surface area (Å²) in [5, 5.41) is 9.60. The molecule has 0 aromatic heterocycles. The SMILES string of the molecule is c1ccc(N2c3cc4ccccc4c4c3B3c5c2c2c6c(c5N(c5ccccc5)c5cc7ccccc7c(c53)N4c3ccccc3)N(c3ccccc3)c3cc4ccccc4c4c3B6c3c(cc5ccccc5c3N4c3ccccc3)N2c2ccccc2)cc1. The summed E-state index contributed by atoms with van der Waals surface area (Å²) in [6.07, 6.45) is 0. The van der Waals surface area contributed by atoms with E-state index in [1.165, 1.54) is 144 Å². The number of benzene rings is 15. The third-order valence-corrected chi connectivity index (χ3v) is 20.2. The molecule has 6 nitrogen and oxygen atoms in total. The predicted octanol–water partition coefficient (Wildman–Crippen LogP) is 18.0. The van der Waals surface area contributed by atoms with Crippen LogP contribution in [0.25, 0.3) is 43.1 Å². The summed E-state index contributed by atoms with van der Waals surface area (Å²) in [5.41, 5.74) is 28.6. The van der Waals surface area contributed by atoms with E-state index in [1.54, 1.807) is 0 Å². The lowest BCUT2D eigenvalue weighted by Crippen LogP contribution is -2.69. The van der Waals surface area contributed by atoms with Gasteiger partial charge in [0.15, 0.2) is 0 Å². The molecule has 0 atom stereocenters. The zero-order chi connectivity index (χ0) is 58.4. The van der Waals surface area contributed by atoms with Gasteiger partial charge in [-0.05, 0) is 151 Å². The Bertz CT molecular complexity index is 4950. The van der Waals surface area contributed by atoms with Gasteiger partial charge in [-0.25, -0.2) is 0 Å². The van der Waals surface area contributed by atoms with Crippen molar-refractivity contribution in [1.29, 1.82) is 0 Å². The van der Waals surface area contributed by atoms with Gasteiger partial charge in [-0.1, -0.05) is 206 Å². The first-order chi connectivity index (χ1) is 44.8. The van der Waals surface area contributed by atoms with Crippen molar-refractivity contribution < 1.29 is 0 Å². The molecular weight excluding hydrogens is 1090 g/mol. The molecule has 15 aromatic carbocycles. The topological polar surface area (TPSA) is 19.4 Å². The third-order valence-electron chi connectivity index (χ3n) is 20.2. The Morgan fingerprint density at radius 2 is 0.356 bits per heavy atom. The van der Waals surface area contributed by atoms with E-state index < -0.39 is 0 Å². The highest BCUT2D eigenvalue weighted by molar-refractivity contribution is 7.06. The van der Waals surface area contributed by atoms with Gasteiger partial charge in [0.05, 0.1) is 45.5 Å². The molecule has 6 aliphatic rings. The molecular formula is C82H50B2N6. The number of para-hydroxylation sites is 6. The average molecular weight is 1140 g/mol. The lowest BCUT2D eigenvalue weighted by atomic mass is 9.28. The number of hydrogen-bond acceptors (Lipinski definition) is 6. The second-order valence-electron chi connectivity index (χ2n) is 24.6. The molecule has 6 aliphatic heterocycles. The highest BCUT2D eigenvalue weighted by Gasteiger charge is 2.59. The summed E-state index contributed by atoms with van der Waals surface area (Å²) in [5.74, 6) is 0. The van der Waals surface area contributed by atoms with Crippen molar-refractivity contribution in [3.63, 3.8) is 0 Å². The van der Waals surface area contributed by atoms with Crippen LogP contribution in [0.4, 0.5) is 102 Å². The minimum absolute atomic E-state index is 0.252. The van der Waals surface area contributed by atoms with Crippen LogP contribution in [0, 0.1) is 0 Å². The maximum atomic E-state index is 2.70. The van der Waals surface area contributed by atoms with Gasteiger partial charge in [0.25, 0.3) is 13.4 Å². The van der Waals surface area contributed by atoms with Crippen LogP contribution in [0.15, 0.2) is 303 Å². The third kappa shape index (κ3) is 6.19. The van der Waals surface area contributed by atoms with Gasteiger partial charge in [0.1, 0.15) is 0 Å². The van der Waals surface area contributed by atoms with E-state index in [0.717, 1.165) is 34.1 Å². The molecule has 0 aliphatic carbocycles. The number of anilines is 18. The molecule has 0 fully saturated rings. The Balaban J connectivity index is 1.06. The Morgan fingerprint density at radius 1 is 0.167 bits per heavy atom. The van der Waals surface area contributed by atoms with Crippen LogP contribution in [0.5, 0.6) is 0 Å². The summed E-state index contributed by atoms with van der Waals surface area (Å²) in [6, 6.07) is 114. The highest BCUT2D eigenvalue weighted by atomic mass is 15.3. The van der Waals surface area contributed by atoms with Crippen molar-refractivity contribution in [2.45, 2.75) is 0 Å². The Morgan fingerprint density at radius 3 is 0.578 bits per heavy atom. The van der Waals surface area contributed by atoms with Crippen LogP contribution in [0.1, 0.15) is 0 Å². The van der Waals surface area contributed by atoms with Crippen LogP contribution in [-0.2, 0) is 0 Å². The molecule has 90 heavy (non-hydrogen) atoms. The summed E-state index contributed by atoms with van der Waals surface area (Å²) in [4.78, 5) is 16.1. The maximum Gasteiger partial charge on any atom is 0.257 e. The van der Waals surface area contributed by atoms with Crippen molar-refractivity contribution in [2.24, 2.45) is 0 Å². The molecule has 0 unspecified atom stereocenters. The van der Waals surface area contributed by atoms with Crippen molar-refractivity contribution in [2.75, 3.05) is 29.4 Å². The molecule has 0 bridgehead atoms. The van der Waals surface area contributed by atoms with Crippen LogP contribution in [-0.4, -0.2) is 13.4 Å². The molecule has 8 heteroatoms. The van der Waals surface area contributed by atoms with Gasteiger partial charge in [0, 0.05) is 78.4 Å². The monoisotopic (exact) mass is 1140 g/mol. The van der Waals surface area contributed by atoms with Crippen LogP contribution in [0.3, 0.4) is 0 Å². The van der Waals surface area contributed by atoms with Gasteiger partial charge < -0.3 is 29.4 Å². The summed E-state index contributed by atoms with van der Waals surface area (Å²) >= 11 is 0. The van der Waals surface area contributed by atoms with Crippen molar-refractivity contribution in [3.8, 4) is 0 Å². The minimum Gasteiger partial charge on any atom is -0.310 e. The van der Waals surface area contributed by atoms with Gasteiger partial charge in [-0.3, -0.25) is 0 Å². The van der Waals surface area contributed by atoms with Crippen molar-refractivity contribution in [3.05, 3.63) is 303 Å². The normalized spacial score (nSPS) is 14.0.